The maximum atomic E-state index is 12.8. The monoisotopic (exact) mass is 267 g/mol. The summed E-state index contributed by atoms with van der Waals surface area (Å²) in [5.41, 5.74) is -0.330. The van der Waals surface area contributed by atoms with Gasteiger partial charge in [0.15, 0.2) is 0 Å². The van der Waals surface area contributed by atoms with Crippen molar-refractivity contribution in [2.75, 3.05) is 6.54 Å². The van der Waals surface area contributed by atoms with Crippen LogP contribution in [-0.2, 0) is 9.59 Å². The molecule has 1 amide bonds. The molecule has 0 bridgehead atoms. The number of piperidine rings is 1. The van der Waals surface area contributed by atoms with Gasteiger partial charge in [-0.25, -0.2) is 4.79 Å². The number of nitrogens with zero attached hydrogens (tertiary/aromatic N) is 1. The first-order valence-electron chi connectivity index (χ1n) is 7.49. The minimum absolute atomic E-state index is 0.0578. The summed E-state index contributed by atoms with van der Waals surface area (Å²) in [7, 11) is 0. The van der Waals surface area contributed by atoms with E-state index in [-0.39, 0.29) is 17.2 Å². The van der Waals surface area contributed by atoms with Crippen molar-refractivity contribution in [2.45, 2.75) is 64.8 Å². The van der Waals surface area contributed by atoms with Gasteiger partial charge < -0.3 is 10.0 Å². The zero-order chi connectivity index (χ0) is 14.0. The number of rotatable bonds is 2. The van der Waals surface area contributed by atoms with Crippen LogP contribution < -0.4 is 0 Å². The number of hydrogen-bond donors (Lipinski definition) is 1. The van der Waals surface area contributed by atoms with Crippen LogP contribution in [-0.4, -0.2) is 34.5 Å². The van der Waals surface area contributed by atoms with Crippen LogP contribution in [0.1, 0.15) is 58.8 Å². The fraction of sp³-hybridized carbons (Fsp3) is 0.867. The van der Waals surface area contributed by atoms with Crippen LogP contribution in [0.5, 0.6) is 0 Å². The van der Waals surface area contributed by atoms with Crippen molar-refractivity contribution in [1.82, 2.24) is 4.90 Å². The van der Waals surface area contributed by atoms with Crippen molar-refractivity contribution in [1.29, 1.82) is 0 Å². The Hall–Kier alpha value is -1.06. The van der Waals surface area contributed by atoms with Gasteiger partial charge in [-0.15, -0.1) is 0 Å². The highest BCUT2D eigenvalue weighted by Crippen LogP contribution is 2.39. The van der Waals surface area contributed by atoms with Crippen LogP contribution in [0.15, 0.2) is 0 Å². The van der Waals surface area contributed by atoms with Gasteiger partial charge in [0.1, 0.15) is 6.04 Å². The van der Waals surface area contributed by atoms with E-state index in [9.17, 15) is 14.7 Å². The molecule has 1 heterocycles. The summed E-state index contributed by atoms with van der Waals surface area (Å²) in [5.74, 6) is -0.714. The molecule has 1 saturated heterocycles. The van der Waals surface area contributed by atoms with E-state index >= 15 is 0 Å². The second kappa shape index (κ2) is 5.51. The lowest BCUT2D eigenvalue weighted by Crippen LogP contribution is -2.56. The molecule has 2 unspecified atom stereocenters. The van der Waals surface area contributed by atoms with Crippen molar-refractivity contribution in [2.24, 2.45) is 11.3 Å². The quantitative estimate of drug-likeness (QED) is 0.836. The third-order valence-corrected chi connectivity index (χ3v) is 4.92. The van der Waals surface area contributed by atoms with Crippen molar-refractivity contribution in [3.05, 3.63) is 0 Å². The molecule has 2 atom stereocenters. The van der Waals surface area contributed by atoms with E-state index in [0.717, 1.165) is 38.5 Å². The number of carboxylic acids is 1. The van der Waals surface area contributed by atoms with E-state index in [2.05, 4.69) is 0 Å². The Morgan fingerprint density at radius 1 is 1.16 bits per heavy atom. The molecule has 1 N–H and O–H groups in total. The fourth-order valence-corrected chi connectivity index (χ4v) is 3.68. The zero-order valence-corrected chi connectivity index (χ0v) is 12.0. The number of likely N-dealkylation sites (tertiary alicyclic amines) is 1. The lowest BCUT2D eigenvalue weighted by molar-refractivity contribution is -0.160. The average Bonchev–Trinajstić information content (AvgIpc) is 2.38. The van der Waals surface area contributed by atoms with Gasteiger partial charge >= 0.3 is 5.97 Å². The average molecular weight is 267 g/mol. The first-order chi connectivity index (χ1) is 8.96. The number of carbonyl (C=O) groups is 2. The Bertz CT molecular complexity index is 360. The van der Waals surface area contributed by atoms with Gasteiger partial charge in [0.2, 0.25) is 5.91 Å². The van der Waals surface area contributed by atoms with Gasteiger partial charge in [0.25, 0.3) is 0 Å². The molecule has 2 fully saturated rings. The minimum atomic E-state index is -0.847. The van der Waals surface area contributed by atoms with Crippen molar-refractivity contribution >= 4 is 11.9 Å². The Labute approximate surface area is 115 Å². The Kier molecular flexibility index (Phi) is 4.16. The lowest BCUT2D eigenvalue weighted by atomic mass is 9.73. The molecule has 0 aromatic heterocycles. The van der Waals surface area contributed by atoms with Crippen LogP contribution >= 0.6 is 0 Å². The van der Waals surface area contributed by atoms with E-state index in [1.807, 2.05) is 13.8 Å². The van der Waals surface area contributed by atoms with E-state index in [1.54, 1.807) is 4.90 Å². The van der Waals surface area contributed by atoms with Crippen LogP contribution in [0.3, 0.4) is 0 Å². The number of hydrogen-bond acceptors (Lipinski definition) is 2. The highest BCUT2D eigenvalue weighted by molar-refractivity contribution is 5.87. The van der Waals surface area contributed by atoms with Gasteiger partial charge in [-0.1, -0.05) is 33.1 Å². The lowest BCUT2D eigenvalue weighted by Gasteiger charge is -2.43. The first kappa shape index (κ1) is 14.4. The Morgan fingerprint density at radius 2 is 1.79 bits per heavy atom. The molecule has 4 heteroatoms. The van der Waals surface area contributed by atoms with Crippen LogP contribution in [0.25, 0.3) is 0 Å². The number of carbonyl (C=O) groups excluding carboxylic acids is 1. The predicted octanol–water partition coefficient (Wildman–Crippen LogP) is 2.67. The van der Waals surface area contributed by atoms with Crippen molar-refractivity contribution in [3.8, 4) is 0 Å². The number of aliphatic carboxylic acids is 1. The first-order valence-corrected chi connectivity index (χ1v) is 7.49. The van der Waals surface area contributed by atoms with Crippen LogP contribution in [0.2, 0.25) is 0 Å². The summed E-state index contributed by atoms with van der Waals surface area (Å²) < 4.78 is 0. The molecule has 2 aliphatic rings. The molecule has 0 aromatic rings. The normalized spacial score (nSPS) is 30.9. The molecule has 19 heavy (non-hydrogen) atoms. The summed E-state index contributed by atoms with van der Waals surface area (Å²) in [6.07, 6.45) is 7.00. The smallest absolute Gasteiger partial charge is 0.326 e. The van der Waals surface area contributed by atoms with E-state index in [1.165, 1.54) is 6.42 Å². The molecule has 0 aromatic carbocycles. The van der Waals surface area contributed by atoms with E-state index in [4.69, 9.17) is 0 Å². The SMILES string of the molecule is CC1CCCN(C(=O)C2(C)CCCCC2)C1C(=O)O. The Morgan fingerprint density at radius 3 is 2.37 bits per heavy atom. The minimum Gasteiger partial charge on any atom is -0.480 e. The highest BCUT2D eigenvalue weighted by Gasteiger charge is 2.44. The molecule has 108 valence electrons. The molecule has 2 rings (SSSR count). The topological polar surface area (TPSA) is 57.6 Å². The predicted molar refractivity (Wildman–Crippen MR) is 72.7 cm³/mol. The van der Waals surface area contributed by atoms with E-state index < -0.39 is 12.0 Å². The number of amides is 1. The molecule has 4 nitrogen and oxygen atoms in total. The van der Waals surface area contributed by atoms with Gasteiger partial charge in [-0.2, -0.15) is 0 Å². The summed E-state index contributed by atoms with van der Waals surface area (Å²) in [5, 5.41) is 9.42. The summed E-state index contributed by atoms with van der Waals surface area (Å²) >= 11 is 0. The van der Waals surface area contributed by atoms with Crippen molar-refractivity contribution < 1.29 is 14.7 Å². The molecule has 1 aliphatic heterocycles. The second-order valence-electron chi connectivity index (χ2n) is 6.52. The fourth-order valence-electron chi connectivity index (χ4n) is 3.68. The summed E-state index contributed by atoms with van der Waals surface area (Å²) in [6, 6.07) is -0.625. The molecular weight excluding hydrogens is 242 g/mol. The molecule has 0 spiro atoms. The highest BCUT2D eigenvalue weighted by atomic mass is 16.4. The molecule has 1 aliphatic carbocycles. The van der Waals surface area contributed by atoms with E-state index in [0.29, 0.717) is 6.54 Å². The standard InChI is InChI=1S/C15H25NO3/c1-11-7-6-10-16(12(11)13(17)18)14(19)15(2)8-4-3-5-9-15/h11-12H,3-10H2,1-2H3,(H,17,18). The van der Waals surface area contributed by atoms with Gasteiger partial charge in [-0.05, 0) is 31.6 Å². The maximum absolute atomic E-state index is 12.8. The van der Waals surface area contributed by atoms with Crippen LogP contribution in [0.4, 0.5) is 0 Å². The third kappa shape index (κ3) is 2.77. The zero-order valence-electron chi connectivity index (χ0n) is 12.0. The molecular formula is C15H25NO3. The molecule has 1 saturated carbocycles. The largest absolute Gasteiger partial charge is 0.480 e. The third-order valence-electron chi connectivity index (χ3n) is 4.92. The summed E-state index contributed by atoms with van der Waals surface area (Å²) in [6.45, 7) is 4.57. The van der Waals surface area contributed by atoms with Gasteiger partial charge in [0, 0.05) is 12.0 Å². The van der Waals surface area contributed by atoms with Crippen molar-refractivity contribution in [3.63, 3.8) is 0 Å². The maximum Gasteiger partial charge on any atom is 0.326 e. The Balaban J connectivity index is 2.17. The summed E-state index contributed by atoms with van der Waals surface area (Å²) in [4.78, 5) is 25.9. The second-order valence-corrected chi connectivity index (χ2v) is 6.52. The number of carboxylic acid groups (broad SMARTS) is 1. The van der Waals surface area contributed by atoms with Gasteiger partial charge in [0.05, 0.1) is 0 Å². The van der Waals surface area contributed by atoms with Crippen LogP contribution in [0, 0.1) is 11.3 Å². The van der Waals surface area contributed by atoms with Gasteiger partial charge in [-0.3, -0.25) is 4.79 Å². The molecule has 0 radical (unpaired) electrons.